The van der Waals surface area contributed by atoms with Gasteiger partial charge in [0.15, 0.2) is 0 Å². The van der Waals surface area contributed by atoms with Crippen LogP contribution in [0, 0.1) is 24.1 Å². The number of carbonyl (C=O) groups excluding carboxylic acids is 1. The molecule has 2 atom stereocenters. The molecule has 6 nitrogen and oxygen atoms in total. The lowest BCUT2D eigenvalue weighted by Crippen LogP contribution is -2.50. The Kier molecular flexibility index (Phi) is 6.62. The topological polar surface area (TPSA) is 80.5 Å². The zero-order chi connectivity index (χ0) is 23.8. The van der Waals surface area contributed by atoms with Gasteiger partial charge in [0.2, 0.25) is 0 Å². The van der Waals surface area contributed by atoms with E-state index in [0.29, 0.717) is 0 Å². The summed E-state index contributed by atoms with van der Waals surface area (Å²) in [6.45, 7) is 3.13. The average Bonchev–Trinajstić information content (AvgIpc) is 3.11. The standard InChI is InChI=1S/C21H19ClF4N4O2/c1-3-29(12-4-5-16(23)15(22)9-12)20(32)18-17(31)6-7-30(18)19-13(10-27)14(21(24,25)26)8-11(2)28-19/h4-5,8-9,17-18,31H,3,6-7H2,1-2H3/t17-,18+/m1/s1. The minimum atomic E-state index is -4.80. The number of aliphatic hydroxyl groups excluding tert-OH is 1. The van der Waals surface area contributed by atoms with Crippen molar-refractivity contribution in [3.8, 4) is 6.07 Å². The minimum absolute atomic E-state index is 0.0107. The normalized spacial score (nSPS) is 18.5. The molecule has 1 aliphatic heterocycles. The fourth-order valence-electron chi connectivity index (χ4n) is 3.79. The van der Waals surface area contributed by atoms with Crippen molar-refractivity contribution in [3.05, 3.63) is 51.9 Å². The number of hydrogen-bond donors (Lipinski definition) is 1. The highest BCUT2D eigenvalue weighted by Gasteiger charge is 2.44. The van der Waals surface area contributed by atoms with Crippen LogP contribution in [0.2, 0.25) is 5.02 Å². The van der Waals surface area contributed by atoms with Crippen LogP contribution in [0.4, 0.5) is 29.1 Å². The van der Waals surface area contributed by atoms with Gasteiger partial charge in [-0.15, -0.1) is 0 Å². The van der Waals surface area contributed by atoms with E-state index >= 15 is 0 Å². The van der Waals surface area contributed by atoms with E-state index in [1.165, 1.54) is 28.9 Å². The van der Waals surface area contributed by atoms with Crippen LogP contribution in [0.3, 0.4) is 0 Å². The first kappa shape index (κ1) is 23.8. The van der Waals surface area contributed by atoms with Gasteiger partial charge in [0.25, 0.3) is 5.91 Å². The molecule has 1 aromatic carbocycles. The molecule has 170 valence electrons. The van der Waals surface area contributed by atoms with Gasteiger partial charge in [-0.3, -0.25) is 4.79 Å². The molecule has 0 radical (unpaired) electrons. The van der Waals surface area contributed by atoms with Gasteiger partial charge in [0.05, 0.1) is 16.7 Å². The van der Waals surface area contributed by atoms with Crippen LogP contribution in [0.15, 0.2) is 24.3 Å². The lowest BCUT2D eigenvalue weighted by molar-refractivity contribution is -0.137. The quantitative estimate of drug-likeness (QED) is 0.681. The van der Waals surface area contributed by atoms with Gasteiger partial charge in [-0.25, -0.2) is 9.37 Å². The maximum atomic E-state index is 13.6. The van der Waals surface area contributed by atoms with E-state index in [0.717, 1.165) is 12.1 Å². The monoisotopic (exact) mass is 470 g/mol. The number of hydrogen-bond acceptors (Lipinski definition) is 5. The predicted octanol–water partition coefficient (Wildman–Crippen LogP) is 4.07. The Labute approximate surface area is 186 Å². The Morgan fingerprint density at radius 1 is 1.41 bits per heavy atom. The number of pyridine rings is 1. The molecule has 1 fully saturated rings. The van der Waals surface area contributed by atoms with Crippen molar-refractivity contribution in [2.45, 2.75) is 38.6 Å². The number of halogens is 5. The molecule has 3 rings (SSSR count). The van der Waals surface area contributed by atoms with Crippen molar-refractivity contribution in [1.82, 2.24) is 4.98 Å². The summed E-state index contributed by atoms with van der Waals surface area (Å²) in [5.74, 6) is -1.63. The van der Waals surface area contributed by atoms with Crippen molar-refractivity contribution >= 4 is 29.0 Å². The number of alkyl halides is 3. The van der Waals surface area contributed by atoms with Crippen LogP contribution in [-0.2, 0) is 11.0 Å². The molecule has 2 aromatic rings. The molecule has 1 amide bonds. The van der Waals surface area contributed by atoms with Gasteiger partial charge in [-0.2, -0.15) is 18.4 Å². The van der Waals surface area contributed by atoms with E-state index in [2.05, 4.69) is 4.98 Å². The molecular formula is C21H19ClF4N4O2. The highest BCUT2D eigenvalue weighted by Crippen LogP contribution is 2.38. The Bertz CT molecular complexity index is 1090. The van der Waals surface area contributed by atoms with Gasteiger partial charge in [0, 0.05) is 24.5 Å². The number of aliphatic hydroxyl groups is 1. The summed E-state index contributed by atoms with van der Waals surface area (Å²) >= 11 is 5.82. The molecule has 0 saturated carbocycles. The second kappa shape index (κ2) is 8.92. The second-order valence-corrected chi connectivity index (χ2v) is 7.70. The largest absolute Gasteiger partial charge is 0.417 e. The number of aryl methyl sites for hydroxylation is 1. The van der Waals surface area contributed by atoms with E-state index in [1.807, 2.05) is 0 Å². The lowest BCUT2D eigenvalue weighted by atomic mass is 10.1. The van der Waals surface area contributed by atoms with Crippen LogP contribution in [-0.4, -0.2) is 41.2 Å². The number of nitriles is 1. The minimum Gasteiger partial charge on any atom is -0.390 e. The Balaban J connectivity index is 2.08. The molecule has 1 saturated heterocycles. The van der Waals surface area contributed by atoms with Gasteiger partial charge >= 0.3 is 6.18 Å². The van der Waals surface area contributed by atoms with Crippen LogP contribution in [0.1, 0.15) is 30.2 Å². The first-order valence-electron chi connectivity index (χ1n) is 9.69. The summed E-state index contributed by atoms with van der Waals surface area (Å²) < 4.78 is 54.1. The molecule has 0 aliphatic carbocycles. The lowest BCUT2D eigenvalue weighted by Gasteiger charge is -2.32. The number of nitrogens with zero attached hydrogens (tertiary/aromatic N) is 4. The predicted molar refractivity (Wildman–Crippen MR) is 110 cm³/mol. The number of amides is 1. The first-order valence-corrected chi connectivity index (χ1v) is 10.1. The van der Waals surface area contributed by atoms with E-state index in [1.54, 1.807) is 13.0 Å². The summed E-state index contributed by atoms with van der Waals surface area (Å²) in [5, 5.41) is 19.8. The molecule has 1 N–H and O–H groups in total. The summed E-state index contributed by atoms with van der Waals surface area (Å²) in [7, 11) is 0. The van der Waals surface area contributed by atoms with Crippen LogP contribution in [0.5, 0.6) is 0 Å². The van der Waals surface area contributed by atoms with Gasteiger partial charge in [-0.05, 0) is 44.5 Å². The SMILES string of the molecule is CCN(C(=O)[C@@H]1[C@H](O)CCN1c1nc(C)cc(C(F)(F)F)c1C#N)c1ccc(F)c(Cl)c1. The summed E-state index contributed by atoms with van der Waals surface area (Å²) in [6.07, 6.45) is -5.93. The molecule has 0 bridgehead atoms. The molecule has 1 aliphatic rings. The Morgan fingerprint density at radius 3 is 2.66 bits per heavy atom. The third kappa shape index (κ3) is 4.36. The number of rotatable bonds is 4. The third-order valence-corrected chi connectivity index (χ3v) is 5.52. The van der Waals surface area contributed by atoms with Gasteiger partial charge in [-0.1, -0.05) is 11.6 Å². The molecule has 1 aromatic heterocycles. The maximum Gasteiger partial charge on any atom is 0.417 e. The Morgan fingerprint density at radius 2 is 2.09 bits per heavy atom. The van der Waals surface area contributed by atoms with E-state index in [4.69, 9.17) is 11.6 Å². The van der Waals surface area contributed by atoms with Gasteiger partial charge in [0.1, 0.15) is 29.3 Å². The highest BCUT2D eigenvalue weighted by atomic mass is 35.5. The van der Waals surface area contributed by atoms with Crippen LogP contribution >= 0.6 is 11.6 Å². The number of aromatic nitrogens is 1. The van der Waals surface area contributed by atoms with Crippen LogP contribution < -0.4 is 9.80 Å². The fraction of sp³-hybridized carbons (Fsp3) is 0.381. The maximum absolute atomic E-state index is 13.6. The molecule has 32 heavy (non-hydrogen) atoms. The smallest absolute Gasteiger partial charge is 0.390 e. The average molecular weight is 471 g/mol. The molecule has 2 heterocycles. The van der Waals surface area contributed by atoms with E-state index in [9.17, 15) is 32.7 Å². The number of benzene rings is 1. The van der Waals surface area contributed by atoms with Crippen molar-refractivity contribution in [2.24, 2.45) is 0 Å². The molecule has 0 spiro atoms. The van der Waals surface area contributed by atoms with Crippen molar-refractivity contribution in [1.29, 1.82) is 5.26 Å². The summed E-state index contributed by atoms with van der Waals surface area (Å²) in [6, 6.07) is 4.69. The summed E-state index contributed by atoms with van der Waals surface area (Å²) in [5.41, 5.74) is -1.61. The van der Waals surface area contributed by atoms with Crippen molar-refractivity contribution < 1.29 is 27.5 Å². The number of carbonyl (C=O) groups is 1. The van der Waals surface area contributed by atoms with Crippen molar-refractivity contribution in [2.75, 3.05) is 22.9 Å². The molecule has 11 heteroatoms. The van der Waals surface area contributed by atoms with Crippen LogP contribution in [0.25, 0.3) is 0 Å². The third-order valence-electron chi connectivity index (χ3n) is 5.23. The van der Waals surface area contributed by atoms with Crippen molar-refractivity contribution in [3.63, 3.8) is 0 Å². The number of anilines is 2. The zero-order valence-electron chi connectivity index (χ0n) is 17.1. The fourth-order valence-corrected chi connectivity index (χ4v) is 3.96. The highest BCUT2D eigenvalue weighted by molar-refractivity contribution is 6.31. The second-order valence-electron chi connectivity index (χ2n) is 7.29. The Hall–Kier alpha value is -2.90. The summed E-state index contributed by atoms with van der Waals surface area (Å²) in [4.78, 5) is 20.0. The molecule has 0 unspecified atom stereocenters. The van der Waals surface area contributed by atoms with E-state index < -0.39 is 41.2 Å². The molecular weight excluding hydrogens is 452 g/mol. The first-order chi connectivity index (χ1) is 15.0. The number of likely N-dealkylation sites (N-methyl/N-ethyl adjacent to an activating group) is 1. The van der Waals surface area contributed by atoms with Gasteiger partial charge < -0.3 is 14.9 Å². The van der Waals surface area contributed by atoms with E-state index in [-0.39, 0.29) is 41.7 Å². The zero-order valence-corrected chi connectivity index (χ0v) is 17.9.